The summed E-state index contributed by atoms with van der Waals surface area (Å²) in [5.41, 5.74) is 5.43. The maximum atomic E-state index is 13.9. The van der Waals surface area contributed by atoms with Crippen molar-refractivity contribution in [1.29, 1.82) is 0 Å². The highest BCUT2D eigenvalue weighted by Crippen LogP contribution is 2.45. The standard InChI is InChI=1S/C31H30N4O2S2/c1-4-32-26-16-15-24(21(2)36)18-27(26)33-31-35(19-23-13-9-6-10-14-23)29(37)28(39-31)30-34(3)25(20-38-30)17-22-11-7-5-8-12-22/h5-16,18,20,32H,4,17,19H2,1-3H3. The number of aliphatic imine (C=N–C) groups is 1. The van der Waals surface area contributed by atoms with Crippen molar-refractivity contribution in [2.24, 2.45) is 4.99 Å². The fourth-order valence-corrected chi connectivity index (χ4v) is 6.63. The molecule has 3 aromatic carbocycles. The second kappa shape index (κ2) is 12.0. The summed E-state index contributed by atoms with van der Waals surface area (Å²) in [7, 11) is 2.02. The normalized spacial score (nSPS) is 18.2. The molecule has 0 atom stereocenters. The van der Waals surface area contributed by atoms with Crippen LogP contribution in [0.5, 0.6) is 0 Å². The number of amidine groups is 1. The van der Waals surface area contributed by atoms with Gasteiger partial charge in [-0.15, -0.1) is 0 Å². The molecule has 8 heteroatoms. The van der Waals surface area contributed by atoms with Crippen LogP contribution in [0.25, 0.3) is 0 Å². The summed E-state index contributed by atoms with van der Waals surface area (Å²) in [5.74, 6) is -0.0985. The molecule has 0 radical (unpaired) electrons. The summed E-state index contributed by atoms with van der Waals surface area (Å²) >= 11 is 2.97. The second-order valence-electron chi connectivity index (χ2n) is 9.27. The third-order valence-corrected chi connectivity index (χ3v) is 8.79. The van der Waals surface area contributed by atoms with Gasteiger partial charge in [0.05, 0.1) is 22.9 Å². The summed E-state index contributed by atoms with van der Waals surface area (Å²) in [6, 6.07) is 25.7. The summed E-state index contributed by atoms with van der Waals surface area (Å²) in [4.78, 5) is 35.5. The average Bonchev–Trinajstić information content (AvgIpc) is 3.44. The molecule has 1 saturated heterocycles. The van der Waals surface area contributed by atoms with Gasteiger partial charge in [0, 0.05) is 31.3 Å². The van der Waals surface area contributed by atoms with E-state index >= 15 is 0 Å². The Balaban J connectivity index is 1.52. The number of carbonyl (C=O) groups is 2. The van der Waals surface area contributed by atoms with E-state index in [0.29, 0.717) is 34.4 Å². The molecule has 2 aliphatic rings. The summed E-state index contributed by atoms with van der Waals surface area (Å²) in [6.07, 6.45) is 0.790. The maximum absolute atomic E-state index is 13.9. The summed E-state index contributed by atoms with van der Waals surface area (Å²) < 4.78 is 0. The molecule has 39 heavy (non-hydrogen) atoms. The Morgan fingerprint density at radius 2 is 1.67 bits per heavy atom. The van der Waals surface area contributed by atoms with Crippen LogP contribution in [-0.4, -0.2) is 40.3 Å². The van der Waals surface area contributed by atoms with Gasteiger partial charge < -0.3 is 10.2 Å². The van der Waals surface area contributed by atoms with E-state index in [4.69, 9.17) is 4.99 Å². The molecule has 0 aromatic heterocycles. The predicted octanol–water partition coefficient (Wildman–Crippen LogP) is 7.02. The van der Waals surface area contributed by atoms with Gasteiger partial charge in [-0.3, -0.25) is 14.5 Å². The number of nitrogens with zero attached hydrogens (tertiary/aromatic N) is 3. The van der Waals surface area contributed by atoms with Crippen LogP contribution in [0.3, 0.4) is 0 Å². The number of likely N-dealkylation sites (N-methyl/N-ethyl adjacent to an activating group) is 1. The van der Waals surface area contributed by atoms with E-state index in [1.807, 2.05) is 68.6 Å². The number of carbonyl (C=O) groups excluding carboxylic acids is 2. The van der Waals surface area contributed by atoms with Crippen molar-refractivity contribution in [3.8, 4) is 0 Å². The topological polar surface area (TPSA) is 65.0 Å². The smallest absolute Gasteiger partial charge is 0.269 e. The average molecular weight is 555 g/mol. The number of benzene rings is 3. The molecule has 0 saturated carbocycles. The van der Waals surface area contributed by atoms with Gasteiger partial charge in [0.1, 0.15) is 4.91 Å². The number of thioether (sulfide) groups is 2. The Morgan fingerprint density at radius 1 is 0.974 bits per heavy atom. The Kier molecular flexibility index (Phi) is 8.24. The third-order valence-electron chi connectivity index (χ3n) is 6.50. The highest BCUT2D eigenvalue weighted by Gasteiger charge is 2.38. The summed E-state index contributed by atoms with van der Waals surface area (Å²) in [5, 5.41) is 6.96. The van der Waals surface area contributed by atoms with E-state index in [9.17, 15) is 9.59 Å². The van der Waals surface area contributed by atoms with Crippen molar-refractivity contribution in [3.63, 3.8) is 0 Å². The van der Waals surface area contributed by atoms with Crippen LogP contribution < -0.4 is 5.32 Å². The zero-order valence-electron chi connectivity index (χ0n) is 22.2. The molecule has 1 amide bonds. The van der Waals surface area contributed by atoms with Crippen LogP contribution in [0.2, 0.25) is 0 Å². The van der Waals surface area contributed by atoms with Gasteiger partial charge >= 0.3 is 0 Å². The quantitative estimate of drug-likeness (QED) is 0.239. The molecule has 5 rings (SSSR count). The van der Waals surface area contributed by atoms with Crippen molar-refractivity contribution < 1.29 is 9.59 Å². The van der Waals surface area contributed by atoms with Crippen molar-refractivity contribution in [2.75, 3.05) is 18.9 Å². The molecular formula is C31H30N4O2S2. The molecule has 0 unspecified atom stereocenters. The van der Waals surface area contributed by atoms with Crippen LogP contribution in [-0.2, 0) is 17.8 Å². The first-order valence-electron chi connectivity index (χ1n) is 12.8. The molecule has 2 aliphatic heterocycles. The lowest BCUT2D eigenvalue weighted by molar-refractivity contribution is -0.122. The molecule has 198 valence electrons. The van der Waals surface area contributed by atoms with Gasteiger partial charge in [0.15, 0.2) is 11.0 Å². The van der Waals surface area contributed by atoms with Crippen LogP contribution >= 0.6 is 23.5 Å². The van der Waals surface area contributed by atoms with Gasteiger partial charge in [-0.1, -0.05) is 72.4 Å². The van der Waals surface area contributed by atoms with E-state index in [1.54, 1.807) is 35.7 Å². The van der Waals surface area contributed by atoms with Crippen LogP contribution in [0, 0.1) is 0 Å². The first-order valence-corrected chi connectivity index (χ1v) is 14.5. The minimum atomic E-state index is -0.0703. The van der Waals surface area contributed by atoms with Gasteiger partial charge in [0.2, 0.25) is 0 Å². The summed E-state index contributed by atoms with van der Waals surface area (Å²) in [6.45, 7) is 4.68. The number of rotatable bonds is 8. The van der Waals surface area contributed by atoms with E-state index < -0.39 is 0 Å². The number of hydrogen-bond donors (Lipinski definition) is 1. The lowest BCUT2D eigenvalue weighted by Crippen LogP contribution is -2.29. The molecule has 1 N–H and O–H groups in total. The lowest BCUT2D eigenvalue weighted by atomic mass is 10.1. The van der Waals surface area contributed by atoms with Gasteiger partial charge in [0.25, 0.3) is 5.91 Å². The predicted molar refractivity (Wildman–Crippen MR) is 163 cm³/mol. The van der Waals surface area contributed by atoms with Crippen molar-refractivity contribution >= 4 is 51.8 Å². The molecule has 1 fully saturated rings. The number of ketones is 1. The Labute approximate surface area is 237 Å². The molecule has 0 aliphatic carbocycles. The molecule has 6 nitrogen and oxygen atoms in total. The highest BCUT2D eigenvalue weighted by molar-refractivity contribution is 8.19. The molecular weight excluding hydrogens is 525 g/mol. The maximum Gasteiger partial charge on any atom is 0.269 e. The first-order chi connectivity index (χ1) is 18.9. The zero-order valence-corrected chi connectivity index (χ0v) is 23.8. The number of nitrogens with one attached hydrogen (secondary N) is 1. The van der Waals surface area contributed by atoms with E-state index in [-0.39, 0.29) is 11.7 Å². The number of allylic oxidation sites excluding steroid dienone is 1. The molecule has 2 heterocycles. The minimum absolute atomic E-state index is 0.0281. The zero-order chi connectivity index (χ0) is 27.4. The SMILES string of the molecule is CCNc1ccc(C(C)=O)cc1N=C1SC(=C2SC=C(Cc3ccccc3)N2C)C(=O)N1Cc1ccccc1. The van der Waals surface area contributed by atoms with Crippen LogP contribution in [0.1, 0.15) is 35.3 Å². The van der Waals surface area contributed by atoms with Crippen molar-refractivity contribution in [3.05, 3.63) is 117 Å². The van der Waals surface area contributed by atoms with E-state index in [1.165, 1.54) is 17.3 Å². The molecule has 0 bridgehead atoms. The van der Waals surface area contributed by atoms with Gasteiger partial charge in [-0.05, 0) is 60.3 Å². The number of amides is 1. The highest BCUT2D eigenvalue weighted by atomic mass is 32.2. The Hall–Kier alpha value is -3.75. The number of anilines is 1. The van der Waals surface area contributed by atoms with E-state index in [2.05, 4.69) is 27.8 Å². The number of Topliss-reactive ketones (excluding diaryl/α,β-unsaturated/α-hetero) is 1. The minimum Gasteiger partial charge on any atom is -0.384 e. The number of hydrogen-bond acceptors (Lipinski definition) is 7. The van der Waals surface area contributed by atoms with Crippen molar-refractivity contribution in [1.82, 2.24) is 9.80 Å². The molecule has 0 spiro atoms. The first kappa shape index (κ1) is 26.8. The fraction of sp³-hybridized carbons (Fsp3) is 0.194. The van der Waals surface area contributed by atoms with Gasteiger partial charge in [-0.2, -0.15) is 0 Å². The lowest BCUT2D eigenvalue weighted by Gasteiger charge is -2.19. The van der Waals surface area contributed by atoms with E-state index in [0.717, 1.165) is 28.4 Å². The van der Waals surface area contributed by atoms with Gasteiger partial charge in [-0.25, -0.2) is 4.99 Å². The largest absolute Gasteiger partial charge is 0.384 e. The fourth-order valence-electron chi connectivity index (χ4n) is 4.39. The third kappa shape index (κ3) is 5.97. The Morgan fingerprint density at radius 3 is 2.33 bits per heavy atom. The van der Waals surface area contributed by atoms with Crippen LogP contribution in [0.15, 0.2) is 105 Å². The second-order valence-corrected chi connectivity index (χ2v) is 11.1. The van der Waals surface area contributed by atoms with Crippen LogP contribution in [0.4, 0.5) is 11.4 Å². The van der Waals surface area contributed by atoms with Crippen molar-refractivity contribution in [2.45, 2.75) is 26.8 Å². The Bertz CT molecular complexity index is 1480. The monoisotopic (exact) mass is 554 g/mol. The molecule has 3 aromatic rings.